The molecule has 6 rings (SSSR count). The van der Waals surface area contributed by atoms with Crippen LogP contribution in [0, 0.1) is 12.8 Å². The fourth-order valence-electron chi connectivity index (χ4n) is 4.96. The van der Waals surface area contributed by atoms with Crippen molar-refractivity contribution in [2.75, 3.05) is 24.5 Å². The Kier molecular flexibility index (Phi) is 6.41. The first-order valence-electron chi connectivity index (χ1n) is 11.2. The molecule has 3 fully saturated rings. The highest BCUT2D eigenvalue weighted by Crippen LogP contribution is 2.44. The topological polar surface area (TPSA) is 90.0 Å². The number of hydrogen-bond donors (Lipinski definition) is 2. The molecule has 4 heterocycles. The Morgan fingerprint density at radius 1 is 1.15 bits per heavy atom. The van der Waals surface area contributed by atoms with Crippen molar-refractivity contribution in [3.05, 3.63) is 64.8 Å². The van der Waals surface area contributed by atoms with Crippen molar-refractivity contribution in [1.82, 2.24) is 10.2 Å². The fourth-order valence-corrected chi connectivity index (χ4v) is 6.91. The van der Waals surface area contributed by atoms with Gasteiger partial charge in [0.05, 0.1) is 5.69 Å². The number of carbonyl (C=O) groups is 1. The van der Waals surface area contributed by atoms with E-state index in [9.17, 15) is 17.8 Å². The van der Waals surface area contributed by atoms with Crippen LogP contribution in [0.25, 0.3) is 4.91 Å². The maximum Gasteiger partial charge on any atom is 0.296 e. The highest BCUT2D eigenvalue weighted by atomic mass is 35.5. The largest absolute Gasteiger partial charge is 0.349 e. The fraction of sp³-hybridized carbons (Fsp3) is 0.375. The van der Waals surface area contributed by atoms with Crippen molar-refractivity contribution in [1.29, 1.82) is 0 Å². The zero-order valence-electron chi connectivity index (χ0n) is 18.6. The van der Waals surface area contributed by atoms with Gasteiger partial charge in [-0.05, 0) is 74.2 Å². The second-order valence-corrected chi connectivity index (χ2v) is 12.0. The Morgan fingerprint density at radius 2 is 1.85 bits per heavy atom. The van der Waals surface area contributed by atoms with Gasteiger partial charge in [0.2, 0.25) is 0 Å². The molecule has 0 saturated carbocycles. The van der Waals surface area contributed by atoms with Crippen LogP contribution in [0.1, 0.15) is 24.0 Å². The molecule has 0 radical (unpaired) electrons. The molecular formula is C24H26ClN3O4S2. The number of nitrogens with one attached hydrogen (secondary N) is 1. The number of anilines is 1. The van der Waals surface area contributed by atoms with Gasteiger partial charge in [0.25, 0.3) is 16.0 Å². The normalized spacial score (nSPS) is 26.4. The molecule has 7 nitrogen and oxygen atoms in total. The standard InChI is InChI=1S/C24H26ClN3O4S2/c1-15-2-7-22(34(30,31)32)20(12-15)28-14-21(17-3-5-18(25)6-4-17)33-24(28)23(29)26-19-13-27-10-8-16(19)9-11-27/h2-7,12,14,16,19,24H,8-11,13H2,1H3,(H,26,29)(H,30,31,32)/t19-,24?/m0/s1. The molecule has 180 valence electrons. The molecule has 2 bridgehead atoms. The number of nitrogens with zero attached hydrogens (tertiary/aromatic N) is 2. The summed E-state index contributed by atoms with van der Waals surface area (Å²) >= 11 is 7.41. The number of hydrogen-bond acceptors (Lipinski definition) is 6. The van der Waals surface area contributed by atoms with Crippen molar-refractivity contribution >= 4 is 50.0 Å². The molecule has 0 aromatic heterocycles. The summed E-state index contributed by atoms with van der Waals surface area (Å²) in [6.45, 7) is 4.83. The number of benzene rings is 2. The van der Waals surface area contributed by atoms with Gasteiger partial charge in [-0.3, -0.25) is 9.35 Å². The molecule has 1 unspecified atom stereocenters. The van der Waals surface area contributed by atoms with E-state index >= 15 is 0 Å². The molecule has 2 aromatic rings. The molecule has 34 heavy (non-hydrogen) atoms. The number of rotatable bonds is 5. The Hall–Kier alpha value is -2.04. The monoisotopic (exact) mass is 519 g/mol. The first kappa shape index (κ1) is 23.7. The van der Waals surface area contributed by atoms with Gasteiger partial charge < -0.3 is 15.1 Å². The van der Waals surface area contributed by atoms with Gasteiger partial charge in [0.1, 0.15) is 4.90 Å². The minimum absolute atomic E-state index is 0.0792. The first-order valence-corrected chi connectivity index (χ1v) is 13.9. The van der Waals surface area contributed by atoms with Crippen molar-refractivity contribution < 1.29 is 17.8 Å². The highest BCUT2D eigenvalue weighted by molar-refractivity contribution is 8.09. The lowest BCUT2D eigenvalue weighted by Crippen LogP contribution is -2.59. The summed E-state index contributed by atoms with van der Waals surface area (Å²) in [6, 6.07) is 12.1. The summed E-state index contributed by atoms with van der Waals surface area (Å²) in [5, 5.41) is 3.12. The highest BCUT2D eigenvalue weighted by Gasteiger charge is 2.40. The van der Waals surface area contributed by atoms with Crippen molar-refractivity contribution in [2.45, 2.75) is 36.1 Å². The number of aryl methyl sites for hydroxylation is 1. The van der Waals surface area contributed by atoms with Crippen molar-refractivity contribution in [3.63, 3.8) is 0 Å². The van der Waals surface area contributed by atoms with Crippen LogP contribution >= 0.6 is 23.4 Å². The number of halogens is 1. The predicted molar refractivity (Wildman–Crippen MR) is 135 cm³/mol. The zero-order chi connectivity index (χ0) is 24.0. The van der Waals surface area contributed by atoms with Crippen LogP contribution < -0.4 is 10.2 Å². The third-order valence-corrected chi connectivity index (χ3v) is 9.17. The lowest BCUT2D eigenvalue weighted by Gasteiger charge is -2.45. The molecule has 2 atom stereocenters. The van der Waals surface area contributed by atoms with E-state index in [-0.39, 0.29) is 22.5 Å². The summed E-state index contributed by atoms with van der Waals surface area (Å²) in [5.41, 5.74) is 1.96. The second-order valence-electron chi connectivity index (χ2n) is 9.08. The van der Waals surface area contributed by atoms with Crippen LogP contribution in [0.2, 0.25) is 5.02 Å². The van der Waals surface area contributed by atoms with Crippen LogP contribution in [0.4, 0.5) is 5.69 Å². The Morgan fingerprint density at radius 3 is 2.47 bits per heavy atom. The van der Waals surface area contributed by atoms with Crippen LogP contribution in [0.15, 0.2) is 53.6 Å². The molecule has 0 spiro atoms. The Balaban J connectivity index is 1.51. The number of thioether (sulfide) groups is 1. The van der Waals surface area contributed by atoms with E-state index in [1.165, 1.54) is 17.8 Å². The van der Waals surface area contributed by atoms with Crippen molar-refractivity contribution in [3.8, 4) is 0 Å². The molecule has 1 amide bonds. The van der Waals surface area contributed by atoms with Gasteiger partial charge in [0, 0.05) is 28.7 Å². The quantitative estimate of drug-likeness (QED) is 0.577. The number of fused-ring (bicyclic) bond motifs is 3. The molecule has 2 N–H and O–H groups in total. The molecule has 3 saturated heterocycles. The van der Waals surface area contributed by atoms with Crippen LogP contribution in [0.3, 0.4) is 0 Å². The van der Waals surface area contributed by atoms with Crippen LogP contribution in [0.5, 0.6) is 0 Å². The van der Waals surface area contributed by atoms with E-state index < -0.39 is 15.5 Å². The number of amides is 1. The van der Waals surface area contributed by atoms with E-state index in [0.29, 0.717) is 10.9 Å². The smallest absolute Gasteiger partial charge is 0.296 e. The van der Waals surface area contributed by atoms with Gasteiger partial charge in [-0.1, -0.05) is 41.6 Å². The SMILES string of the molecule is Cc1ccc(S(=O)(=O)O)c(N2C=C(c3ccc(Cl)cc3)SC2C(=O)N[C@H]2CN3CCC2CC3)c1. The molecule has 4 aliphatic rings. The van der Waals surface area contributed by atoms with Crippen molar-refractivity contribution in [2.24, 2.45) is 5.92 Å². The van der Waals surface area contributed by atoms with Gasteiger partial charge in [0.15, 0.2) is 5.37 Å². The lowest BCUT2D eigenvalue weighted by atomic mass is 9.84. The predicted octanol–water partition coefficient (Wildman–Crippen LogP) is 3.98. The van der Waals surface area contributed by atoms with E-state index in [1.807, 2.05) is 19.1 Å². The van der Waals surface area contributed by atoms with Crippen LogP contribution in [-0.4, -0.2) is 54.8 Å². The van der Waals surface area contributed by atoms with E-state index in [2.05, 4.69) is 10.2 Å². The maximum absolute atomic E-state index is 13.6. The van der Waals surface area contributed by atoms with Gasteiger partial charge in [-0.15, -0.1) is 0 Å². The minimum Gasteiger partial charge on any atom is -0.349 e. The Labute approximate surface area is 208 Å². The van der Waals surface area contributed by atoms with Gasteiger partial charge in [-0.25, -0.2) is 0 Å². The number of piperidine rings is 3. The third-order valence-electron chi connectivity index (χ3n) is 6.75. The van der Waals surface area contributed by atoms with Gasteiger partial charge in [-0.2, -0.15) is 8.42 Å². The van der Waals surface area contributed by atoms with E-state index in [1.54, 1.807) is 35.4 Å². The second kappa shape index (κ2) is 9.20. The summed E-state index contributed by atoms with van der Waals surface area (Å²) < 4.78 is 34.2. The average molecular weight is 520 g/mol. The molecule has 10 heteroatoms. The summed E-state index contributed by atoms with van der Waals surface area (Å²) in [6.07, 6.45) is 3.93. The molecule has 2 aromatic carbocycles. The lowest BCUT2D eigenvalue weighted by molar-refractivity contribution is -0.122. The summed E-state index contributed by atoms with van der Waals surface area (Å²) in [5.74, 6) is 0.289. The molecule has 4 aliphatic heterocycles. The van der Waals surface area contributed by atoms with E-state index in [0.717, 1.165) is 48.5 Å². The first-order chi connectivity index (χ1) is 16.2. The summed E-state index contributed by atoms with van der Waals surface area (Å²) in [4.78, 5) is 18.2. The third kappa shape index (κ3) is 4.72. The maximum atomic E-state index is 13.6. The van der Waals surface area contributed by atoms with E-state index in [4.69, 9.17) is 11.6 Å². The average Bonchev–Trinajstić information content (AvgIpc) is 3.25. The van der Waals surface area contributed by atoms with Gasteiger partial charge >= 0.3 is 0 Å². The molecular weight excluding hydrogens is 494 g/mol. The zero-order valence-corrected chi connectivity index (χ0v) is 21.0. The Bertz CT molecular complexity index is 1240. The van der Waals surface area contributed by atoms with Crippen LogP contribution in [-0.2, 0) is 14.9 Å². The summed E-state index contributed by atoms with van der Waals surface area (Å²) in [7, 11) is -4.49. The number of carbonyl (C=O) groups excluding carboxylic acids is 1. The molecule has 0 aliphatic carbocycles. The minimum atomic E-state index is -4.49.